The number of rotatable bonds is 14. The van der Waals surface area contributed by atoms with Gasteiger partial charge < -0.3 is 10.1 Å². The summed E-state index contributed by atoms with van der Waals surface area (Å²) >= 11 is 4.19. The monoisotopic (exact) mass is 611 g/mol. The lowest BCUT2D eigenvalue weighted by molar-refractivity contribution is -0.113. The predicted octanol–water partition coefficient (Wildman–Crippen LogP) is 5.69. The first-order valence-corrected chi connectivity index (χ1v) is 16.1. The molecule has 2 aromatic carbocycles. The SMILES string of the molecule is CCCCOc1ccc(C(=O)NCc2nnc(SCC(=O)Nc3nnc(SCC)s3)n2-c2cccc(C)c2C)cc1. The number of nitrogens with one attached hydrogen (secondary N) is 2. The molecule has 2 amide bonds. The maximum atomic E-state index is 12.9. The molecule has 2 heterocycles. The van der Waals surface area contributed by atoms with Crippen molar-refractivity contribution in [1.82, 2.24) is 30.3 Å². The number of nitrogens with zero attached hydrogens (tertiary/aromatic N) is 5. The van der Waals surface area contributed by atoms with E-state index in [1.807, 2.05) is 43.5 Å². The first-order valence-electron chi connectivity index (χ1n) is 13.3. The number of benzene rings is 2. The number of amides is 2. The highest BCUT2D eigenvalue weighted by atomic mass is 32.2. The molecule has 0 fully saturated rings. The van der Waals surface area contributed by atoms with Gasteiger partial charge in [0.25, 0.3) is 5.91 Å². The Morgan fingerprint density at radius 1 is 1.00 bits per heavy atom. The minimum absolute atomic E-state index is 0.109. The Balaban J connectivity index is 1.46. The maximum absolute atomic E-state index is 12.9. The Morgan fingerprint density at radius 3 is 2.56 bits per heavy atom. The molecule has 0 radical (unpaired) electrons. The van der Waals surface area contributed by atoms with E-state index in [0.29, 0.717) is 28.3 Å². The van der Waals surface area contributed by atoms with Crippen molar-refractivity contribution in [2.45, 2.75) is 56.6 Å². The summed E-state index contributed by atoms with van der Waals surface area (Å²) in [6.07, 6.45) is 2.04. The minimum Gasteiger partial charge on any atom is -0.494 e. The molecule has 4 rings (SSSR count). The number of aryl methyl sites for hydroxylation is 1. The summed E-state index contributed by atoms with van der Waals surface area (Å²) < 4.78 is 8.40. The van der Waals surface area contributed by atoms with Crippen molar-refractivity contribution in [3.05, 3.63) is 65.0 Å². The number of carbonyl (C=O) groups is 2. The van der Waals surface area contributed by atoms with Crippen LogP contribution in [0.4, 0.5) is 5.13 Å². The third-order valence-electron chi connectivity index (χ3n) is 6.06. The van der Waals surface area contributed by atoms with Crippen LogP contribution in [0.3, 0.4) is 0 Å². The fourth-order valence-electron chi connectivity index (χ4n) is 3.75. The van der Waals surface area contributed by atoms with Gasteiger partial charge in [0.2, 0.25) is 11.0 Å². The van der Waals surface area contributed by atoms with Crippen LogP contribution in [-0.2, 0) is 11.3 Å². The van der Waals surface area contributed by atoms with Crippen molar-refractivity contribution in [2.24, 2.45) is 0 Å². The fraction of sp³-hybridized carbons (Fsp3) is 0.357. The van der Waals surface area contributed by atoms with Crippen LogP contribution in [0.25, 0.3) is 5.69 Å². The smallest absolute Gasteiger partial charge is 0.251 e. The molecule has 10 nitrogen and oxygen atoms in total. The lowest BCUT2D eigenvalue weighted by Gasteiger charge is -2.15. The van der Waals surface area contributed by atoms with E-state index in [-0.39, 0.29) is 24.1 Å². The lowest BCUT2D eigenvalue weighted by Crippen LogP contribution is -2.24. The Hall–Kier alpha value is -3.42. The van der Waals surface area contributed by atoms with Crippen LogP contribution < -0.4 is 15.4 Å². The van der Waals surface area contributed by atoms with Crippen LogP contribution in [0.15, 0.2) is 52.0 Å². The molecule has 0 saturated carbocycles. The van der Waals surface area contributed by atoms with Gasteiger partial charge in [0.15, 0.2) is 15.3 Å². The first kappa shape index (κ1) is 30.5. The van der Waals surface area contributed by atoms with Gasteiger partial charge in [-0.15, -0.1) is 20.4 Å². The Kier molecular flexibility index (Phi) is 11.2. The number of hydrogen-bond acceptors (Lipinski definition) is 10. The average Bonchev–Trinajstić information content (AvgIpc) is 3.59. The molecule has 0 atom stereocenters. The Morgan fingerprint density at radius 2 is 1.80 bits per heavy atom. The van der Waals surface area contributed by atoms with E-state index in [9.17, 15) is 9.59 Å². The fourth-order valence-corrected chi connectivity index (χ4v) is 6.18. The summed E-state index contributed by atoms with van der Waals surface area (Å²) in [5, 5.41) is 23.6. The van der Waals surface area contributed by atoms with Crippen molar-refractivity contribution in [3.63, 3.8) is 0 Å². The Bertz CT molecular complexity index is 1470. The number of ether oxygens (including phenoxy) is 1. The molecular weight excluding hydrogens is 579 g/mol. The van der Waals surface area contributed by atoms with E-state index in [0.717, 1.165) is 45.5 Å². The number of anilines is 1. The van der Waals surface area contributed by atoms with Crippen LogP contribution in [-0.4, -0.2) is 54.9 Å². The van der Waals surface area contributed by atoms with Crippen LogP contribution >= 0.6 is 34.9 Å². The highest BCUT2D eigenvalue weighted by Gasteiger charge is 2.19. The molecule has 0 spiro atoms. The minimum atomic E-state index is -0.230. The van der Waals surface area contributed by atoms with Crippen molar-refractivity contribution < 1.29 is 14.3 Å². The first-order chi connectivity index (χ1) is 19.9. The summed E-state index contributed by atoms with van der Waals surface area (Å²) in [7, 11) is 0. The van der Waals surface area contributed by atoms with Crippen molar-refractivity contribution >= 4 is 51.8 Å². The number of carbonyl (C=O) groups excluding carboxylic acids is 2. The van der Waals surface area contributed by atoms with E-state index in [4.69, 9.17) is 4.74 Å². The van der Waals surface area contributed by atoms with Gasteiger partial charge in [-0.1, -0.05) is 67.3 Å². The third kappa shape index (κ3) is 8.30. The second-order valence-corrected chi connectivity index (χ2v) is 12.4. The molecule has 0 bridgehead atoms. The summed E-state index contributed by atoms with van der Waals surface area (Å²) in [6, 6.07) is 13.1. The maximum Gasteiger partial charge on any atom is 0.251 e. The molecule has 2 N–H and O–H groups in total. The number of unbranched alkanes of at least 4 members (excludes halogenated alkanes) is 1. The van der Waals surface area contributed by atoms with Crippen molar-refractivity contribution in [2.75, 3.05) is 23.4 Å². The summed E-state index contributed by atoms with van der Waals surface area (Å²) in [5.41, 5.74) is 3.58. The second-order valence-electron chi connectivity index (χ2n) is 9.01. The number of aromatic nitrogens is 5. The molecule has 2 aromatic heterocycles. The van der Waals surface area contributed by atoms with Gasteiger partial charge in [-0.05, 0) is 67.5 Å². The van der Waals surface area contributed by atoms with Gasteiger partial charge in [0.05, 0.1) is 24.6 Å². The van der Waals surface area contributed by atoms with Gasteiger partial charge in [0.1, 0.15) is 5.75 Å². The highest BCUT2D eigenvalue weighted by molar-refractivity contribution is 8.01. The van der Waals surface area contributed by atoms with E-state index in [2.05, 4.69) is 38.0 Å². The zero-order chi connectivity index (χ0) is 29.2. The van der Waals surface area contributed by atoms with Crippen LogP contribution in [0.5, 0.6) is 5.75 Å². The molecule has 4 aromatic rings. The van der Waals surface area contributed by atoms with Gasteiger partial charge in [-0.3, -0.25) is 19.5 Å². The Labute approximate surface area is 252 Å². The second kappa shape index (κ2) is 15.0. The van der Waals surface area contributed by atoms with Crippen LogP contribution in [0.2, 0.25) is 0 Å². The molecule has 41 heavy (non-hydrogen) atoms. The zero-order valence-electron chi connectivity index (χ0n) is 23.5. The molecular formula is C28H33N7O3S3. The molecule has 0 aliphatic carbocycles. The lowest BCUT2D eigenvalue weighted by atomic mass is 10.1. The van der Waals surface area contributed by atoms with E-state index in [1.54, 1.807) is 36.0 Å². The predicted molar refractivity (Wildman–Crippen MR) is 165 cm³/mol. The number of hydrogen-bond donors (Lipinski definition) is 2. The molecule has 0 unspecified atom stereocenters. The topological polar surface area (TPSA) is 124 Å². The third-order valence-corrected chi connectivity index (χ3v) is 8.84. The molecule has 13 heteroatoms. The van der Waals surface area contributed by atoms with Crippen LogP contribution in [0.1, 0.15) is 54.0 Å². The summed E-state index contributed by atoms with van der Waals surface area (Å²) in [4.78, 5) is 25.6. The van der Waals surface area contributed by atoms with Crippen molar-refractivity contribution in [3.8, 4) is 11.4 Å². The number of thioether (sulfide) groups is 2. The van der Waals surface area contributed by atoms with Gasteiger partial charge in [-0.25, -0.2) is 0 Å². The largest absolute Gasteiger partial charge is 0.494 e. The average molecular weight is 612 g/mol. The zero-order valence-corrected chi connectivity index (χ0v) is 25.9. The highest BCUT2D eigenvalue weighted by Crippen LogP contribution is 2.27. The van der Waals surface area contributed by atoms with E-state index >= 15 is 0 Å². The van der Waals surface area contributed by atoms with Gasteiger partial charge >= 0.3 is 0 Å². The van der Waals surface area contributed by atoms with Gasteiger partial charge in [0, 0.05) is 5.56 Å². The van der Waals surface area contributed by atoms with Crippen molar-refractivity contribution in [1.29, 1.82) is 0 Å². The van der Waals surface area contributed by atoms with E-state index < -0.39 is 0 Å². The normalized spacial score (nSPS) is 10.9. The molecule has 0 aliphatic rings. The molecule has 0 saturated heterocycles. The van der Waals surface area contributed by atoms with E-state index in [1.165, 1.54) is 23.1 Å². The van der Waals surface area contributed by atoms with Crippen LogP contribution in [0, 0.1) is 13.8 Å². The molecule has 0 aliphatic heterocycles. The quantitative estimate of drug-likeness (QED) is 0.105. The molecule has 216 valence electrons. The standard InChI is InChI=1S/C28H33N7O3S3/c1-5-7-15-38-21-13-11-20(12-14-21)25(37)29-16-23-31-33-27(35(23)22-10-8-9-18(3)19(22)4)40-17-24(36)30-26-32-34-28(41-26)39-6-2/h8-14H,5-7,15-17H2,1-4H3,(H,29,37)(H,30,32,36). The van der Waals surface area contributed by atoms with Gasteiger partial charge in [-0.2, -0.15) is 0 Å². The summed E-state index contributed by atoms with van der Waals surface area (Å²) in [6.45, 7) is 9.02. The summed E-state index contributed by atoms with van der Waals surface area (Å²) in [5.74, 6) is 1.84.